The molecule has 4 aromatic rings. The SMILES string of the molecule is COc1ccc(NS(=O)(=O)c2cccc(-c3nc(-c4ccccc4)no3)c2)cc1. The van der Waals surface area contributed by atoms with E-state index in [2.05, 4.69) is 14.9 Å². The zero-order valence-corrected chi connectivity index (χ0v) is 16.3. The fourth-order valence-corrected chi connectivity index (χ4v) is 3.82. The van der Waals surface area contributed by atoms with Crippen LogP contribution in [0.2, 0.25) is 0 Å². The van der Waals surface area contributed by atoms with Crippen molar-refractivity contribution in [1.82, 2.24) is 10.1 Å². The Hall–Kier alpha value is -3.65. The molecule has 0 bridgehead atoms. The number of aromatic nitrogens is 2. The molecule has 29 heavy (non-hydrogen) atoms. The van der Waals surface area contributed by atoms with Gasteiger partial charge in [0.1, 0.15) is 5.75 Å². The van der Waals surface area contributed by atoms with Gasteiger partial charge < -0.3 is 9.26 Å². The number of nitrogens with zero attached hydrogens (tertiary/aromatic N) is 2. The standard InChI is InChI=1S/C21H17N3O4S/c1-27-18-12-10-17(11-13-18)24-29(25,26)19-9-5-8-16(14-19)21-22-20(23-28-21)15-6-3-2-4-7-15/h2-14,24H,1H3. The van der Waals surface area contributed by atoms with Crippen molar-refractivity contribution in [2.45, 2.75) is 4.90 Å². The molecule has 4 rings (SSSR count). The Balaban J connectivity index is 1.60. The van der Waals surface area contributed by atoms with Crippen LogP contribution in [0.5, 0.6) is 5.75 Å². The second kappa shape index (κ2) is 7.76. The number of rotatable bonds is 6. The van der Waals surface area contributed by atoms with Gasteiger partial charge in [-0.3, -0.25) is 4.72 Å². The summed E-state index contributed by atoms with van der Waals surface area (Å²) in [4.78, 5) is 4.46. The summed E-state index contributed by atoms with van der Waals surface area (Å²) in [5.74, 6) is 1.32. The van der Waals surface area contributed by atoms with Gasteiger partial charge >= 0.3 is 0 Å². The number of nitrogens with one attached hydrogen (secondary N) is 1. The highest BCUT2D eigenvalue weighted by molar-refractivity contribution is 7.92. The Morgan fingerprint density at radius 3 is 2.34 bits per heavy atom. The van der Waals surface area contributed by atoms with Crippen molar-refractivity contribution in [2.75, 3.05) is 11.8 Å². The van der Waals surface area contributed by atoms with Gasteiger partial charge in [0.25, 0.3) is 15.9 Å². The van der Waals surface area contributed by atoms with E-state index in [0.29, 0.717) is 22.8 Å². The first-order valence-corrected chi connectivity index (χ1v) is 10.2. The third-order valence-corrected chi connectivity index (χ3v) is 5.57. The largest absolute Gasteiger partial charge is 0.497 e. The highest BCUT2D eigenvalue weighted by Crippen LogP contribution is 2.25. The number of benzene rings is 3. The van der Waals surface area contributed by atoms with Crippen LogP contribution in [0.4, 0.5) is 5.69 Å². The lowest BCUT2D eigenvalue weighted by Crippen LogP contribution is -2.12. The number of anilines is 1. The maximum atomic E-state index is 12.8. The third kappa shape index (κ3) is 4.12. The van der Waals surface area contributed by atoms with Crippen molar-refractivity contribution in [3.63, 3.8) is 0 Å². The van der Waals surface area contributed by atoms with E-state index in [1.54, 1.807) is 43.5 Å². The average molecular weight is 407 g/mol. The minimum Gasteiger partial charge on any atom is -0.497 e. The fraction of sp³-hybridized carbons (Fsp3) is 0.0476. The first-order chi connectivity index (χ1) is 14.0. The van der Waals surface area contributed by atoms with E-state index < -0.39 is 10.0 Å². The van der Waals surface area contributed by atoms with Crippen LogP contribution in [-0.2, 0) is 10.0 Å². The molecule has 0 aliphatic rings. The van der Waals surface area contributed by atoms with E-state index in [1.165, 1.54) is 12.1 Å². The van der Waals surface area contributed by atoms with Crippen molar-refractivity contribution in [3.8, 4) is 28.6 Å². The van der Waals surface area contributed by atoms with Crippen LogP contribution >= 0.6 is 0 Å². The monoisotopic (exact) mass is 407 g/mol. The molecular weight excluding hydrogens is 390 g/mol. The number of sulfonamides is 1. The van der Waals surface area contributed by atoms with Crippen LogP contribution in [0.1, 0.15) is 0 Å². The zero-order chi connectivity index (χ0) is 20.3. The summed E-state index contributed by atoms with van der Waals surface area (Å²) < 4.78 is 38.5. The Morgan fingerprint density at radius 2 is 1.62 bits per heavy atom. The van der Waals surface area contributed by atoms with Crippen molar-refractivity contribution >= 4 is 15.7 Å². The highest BCUT2D eigenvalue weighted by atomic mass is 32.2. The lowest BCUT2D eigenvalue weighted by molar-refractivity contribution is 0.415. The maximum Gasteiger partial charge on any atom is 0.261 e. The molecule has 0 amide bonds. The molecule has 146 valence electrons. The van der Waals surface area contributed by atoms with Gasteiger partial charge in [-0.25, -0.2) is 8.42 Å². The van der Waals surface area contributed by atoms with Crippen LogP contribution in [0.3, 0.4) is 0 Å². The summed E-state index contributed by atoms with van der Waals surface area (Å²) in [6, 6.07) is 22.4. The van der Waals surface area contributed by atoms with E-state index in [4.69, 9.17) is 9.26 Å². The van der Waals surface area contributed by atoms with E-state index in [1.807, 2.05) is 30.3 Å². The Labute approximate surface area is 168 Å². The maximum absolute atomic E-state index is 12.8. The Morgan fingerprint density at radius 1 is 0.897 bits per heavy atom. The van der Waals surface area contributed by atoms with Gasteiger partial charge in [-0.15, -0.1) is 0 Å². The zero-order valence-electron chi connectivity index (χ0n) is 15.4. The Kier molecular flexibility index (Phi) is 5.01. The number of methoxy groups -OCH3 is 1. The van der Waals surface area contributed by atoms with Crippen LogP contribution in [0.25, 0.3) is 22.8 Å². The number of ether oxygens (including phenoxy) is 1. The summed E-state index contributed by atoms with van der Waals surface area (Å²) in [6.45, 7) is 0. The summed E-state index contributed by atoms with van der Waals surface area (Å²) in [5.41, 5.74) is 1.75. The van der Waals surface area contributed by atoms with Crippen LogP contribution in [-0.4, -0.2) is 25.7 Å². The molecule has 3 aromatic carbocycles. The van der Waals surface area contributed by atoms with E-state index in [-0.39, 0.29) is 10.8 Å². The Bertz CT molecular complexity index is 1220. The van der Waals surface area contributed by atoms with Gasteiger partial charge in [0.05, 0.1) is 12.0 Å². The predicted molar refractivity (Wildman–Crippen MR) is 109 cm³/mol. The van der Waals surface area contributed by atoms with Gasteiger partial charge in [-0.1, -0.05) is 41.6 Å². The molecule has 7 nitrogen and oxygen atoms in total. The molecule has 1 N–H and O–H groups in total. The summed E-state index contributed by atoms with van der Waals surface area (Å²) in [5, 5.41) is 3.98. The quantitative estimate of drug-likeness (QED) is 0.514. The minimum atomic E-state index is -3.79. The smallest absolute Gasteiger partial charge is 0.261 e. The van der Waals surface area contributed by atoms with E-state index in [0.717, 1.165) is 5.56 Å². The molecule has 0 aliphatic carbocycles. The van der Waals surface area contributed by atoms with Crippen molar-refractivity contribution in [1.29, 1.82) is 0 Å². The van der Waals surface area contributed by atoms with Gasteiger partial charge in [0, 0.05) is 16.8 Å². The molecule has 0 aliphatic heterocycles. The van der Waals surface area contributed by atoms with Crippen molar-refractivity contribution < 1.29 is 17.7 Å². The molecule has 8 heteroatoms. The van der Waals surface area contributed by atoms with Gasteiger partial charge in [0.15, 0.2) is 0 Å². The summed E-state index contributed by atoms with van der Waals surface area (Å²) in [7, 11) is -2.24. The molecule has 0 fully saturated rings. The predicted octanol–water partition coefficient (Wildman–Crippen LogP) is 4.21. The van der Waals surface area contributed by atoms with E-state index >= 15 is 0 Å². The normalized spacial score (nSPS) is 11.2. The fourth-order valence-electron chi connectivity index (χ4n) is 2.71. The molecule has 0 spiro atoms. The van der Waals surface area contributed by atoms with Crippen LogP contribution in [0, 0.1) is 0 Å². The molecule has 0 unspecified atom stereocenters. The van der Waals surface area contributed by atoms with Crippen LogP contribution < -0.4 is 9.46 Å². The minimum absolute atomic E-state index is 0.0882. The highest BCUT2D eigenvalue weighted by Gasteiger charge is 2.17. The van der Waals surface area contributed by atoms with Crippen LogP contribution in [0.15, 0.2) is 88.3 Å². The molecule has 0 saturated heterocycles. The van der Waals surface area contributed by atoms with Gasteiger partial charge in [-0.05, 0) is 42.5 Å². The summed E-state index contributed by atoms with van der Waals surface area (Å²) >= 11 is 0. The molecule has 1 aromatic heterocycles. The number of hydrogen-bond acceptors (Lipinski definition) is 6. The first kappa shape index (κ1) is 18.7. The lowest BCUT2D eigenvalue weighted by atomic mass is 10.2. The van der Waals surface area contributed by atoms with Crippen molar-refractivity contribution in [3.05, 3.63) is 78.9 Å². The van der Waals surface area contributed by atoms with Gasteiger partial charge in [-0.2, -0.15) is 4.98 Å². The molecule has 0 saturated carbocycles. The first-order valence-electron chi connectivity index (χ1n) is 8.71. The third-order valence-electron chi connectivity index (χ3n) is 4.19. The summed E-state index contributed by atoms with van der Waals surface area (Å²) in [6.07, 6.45) is 0. The second-order valence-electron chi connectivity index (χ2n) is 6.15. The number of hydrogen-bond donors (Lipinski definition) is 1. The topological polar surface area (TPSA) is 94.3 Å². The molecule has 0 radical (unpaired) electrons. The molecular formula is C21H17N3O4S. The second-order valence-corrected chi connectivity index (χ2v) is 7.83. The van der Waals surface area contributed by atoms with Crippen molar-refractivity contribution in [2.24, 2.45) is 0 Å². The van der Waals surface area contributed by atoms with E-state index in [9.17, 15) is 8.42 Å². The van der Waals surface area contributed by atoms with Gasteiger partial charge in [0.2, 0.25) is 5.82 Å². The average Bonchev–Trinajstić information content (AvgIpc) is 3.25. The molecule has 0 atom stereocenters. The molecule has 1 heterocycles. The lowest BCUT2D eigenvalue weighted by Gasteiger charge is -2.09.